The van der Waals surface area contributed by atoms with Crippen LogP contribution >= 0.6 is 23.2 Å². The van der Waals surface area contributed by atoms with Crippen LogP contribution in [-0.2, 0) is 10.0 Å². The number of benzene rings is 2. The van der Waals surface area contributed by atoms with Crippen molar-refractivity contribution in [2.75, 3.05) is 0 Å². The molecule has 2 aromatic carbocycles. The normalized spacial score (nSPS) is 18.8. The lowest BCUT2D eigenvalue weighted by Crippen LogP contribution is -2.11. The van der Waals surface area contributed by atoms with Crippen molar-refractivity contribution in [1.82, 2.24) is 0 Å². The van der Waals surface area contributed by atoms with Gasteiger partial charge in [-0.15, -0.1) is 0 Å². The highest BCUT2D eigenvalue weighted by Crippen LogP contribution is 2.65. The zero-order valence-corrected chi connectivity index (χ0v) is 15.8. The molecular weight excluding hydrogens is 377 g/mol. The van der Waals surface area contributed by atoms with Gasteiger partial charge in [0.2, 0.25) is 10.0 Å². The molecule has 0 saturated heterocycles. The van der Waals surface area contributed by atoms with Crippen LogP contribution in [0, 0.1) is 5.41 Å². The minimum atomic E-state index is -3.68. The largest absolute Gasteiger partial charge is 0.238 e. The number of hydrogen-bond acceptors (Lipinski definition) is 2. The van der Waals surface area contributed by atoms with Crippen LogP contribution in [0.25, 0.3) is 11.1 Å². The van der Waals surface area contributed by atoms with Crippen molar-refractivity contribution in [3.05, 3.63) is 63.6 Å². The predicted molar refractivity (Wildman–Crippen MR) is 102 cm³/mol. The number of sulfonamides is 1. The van der Waals surface area contributed by atoms with E-state index in [4.69, 9.17) is 28.3 Å². The predicted octanol–water partition coefficient (Wildman–Crippen LogP) is 5.13. The molecular formula is C19H17Cl2NO2S. The smallest absolute Gasteiger partial charge is 0.225 e. The molecule has 25 heavy (non-hydrogen) atoms. The van der Waals surface area contributed by atoms with Gasteiger partial charge < -0.3 is 0 Å². The number of hydrogen-bond donors (Lipinski definition) is 1. The summed E-state index contributed by atoms with van der Waals surface area (Å²) in [6, 6.07) is 12.6. The van der Waals surface area contributed by atoms with Crippen molar-refractivity contribution >= 4 is 44.4 Å². The molecule has 2 N–H and O–H groups in total. The molecule has 3 nitrogen and oxygen atoms in total. The Kier molecular flexibility index (Phi) is 4.00. The third kappa shape index (κ3) is 3.02. The van der Waals surface area contributed by atoms with E-state index in [1.54, 1.807) is 12.1 Å². The summed E-state index contributed by atoms with van der Waals surface area (Å²) < 4.78 is 22.9. The molecule has 0 unspecified atom stereocenters. The van der Waals surface area contributed by atoms with Crippen molar-refractivity contribution in [3.63, 3.8) is 0 Å². The van der Waals surface area contributed by atoms with E-state index >= 15 is 0 Å². The highest BCUT2D eigenvalue weighted by Gasteiger charge is 2.50. The standard InChI is InChI=1S/C19H17Cl2NO2S/c20-16-6-3-13(11-17(16)21)18-15(7-8-19(18)9-10-19)12-1-4-14(5-2-12)25(22,23)24/h1-6,11H,7-10H2,(H2,22,23,24). The molecule has 6 heteroatoms. The highest BCUT2D eigenvalue weighted by atomic mass is 35.5. The van der Waals surface area contributed by atoms with E-state index in [0.29, 0.717) is 10.0 Å². The summed E-state index contributed by atoms with van der Waals surface area (Å²) in [5, 5.41) is 6.30. The van der Waals surface area contributed by atoms with Crippen molar-refractivity contribution < 1.29 is 8.42 Å². The van der Waals surface area contributed by atoms with E-state index in [9.17, 15) is 8.42 Å². The summed E-state index contributed by atoms with van der Waals surface area (Å²) in [4.78, 5) is 0.132. The van der Waals surface area contributed by atoms with Gasteiger partial charge in [0.25, 0.3) is 0 Å². The van der Waals surface area contributed by atoms with Crippen molar-refractivity contribution in [2.45, 2.75) is 30.6 Å². The number of rotatable bonds is 3. The maximum atomic E-state index is 11.5. The molecule has 0 radical (unpaired) electrons. The number of allylic oxidation sites excluding steroid dienone is 2. The first-order valence-electron chi connectivity index (χ1n) is 8.12. The lowest BCUT2D eigenvalue weighted by Gasteiger charge is -2.16. The summed E-state index contributed by atoms with van der Waals surface area (Å²) in [6.45, 7) is 0. The van der Waals surface area contributed by atoms with E-state index < -0.39 is 10.0 Å². The van der Waals surface area contributed by atoms with Gasteiger partial charge >= 0.3 is 0 Å². The quantitative estimate of drug-likeness (QED) is 0.785. The molecule has 2 aromatic rings. The van der Waals surface area contributed by atoms with Gasteiger partial charge in [0.1, 0.15) is 0 Å². The van der Waals surface area contributed by atoms with E-state index in [-0.39, 0.29) is 10.3 Å². The van der Waals surface area contributed by atoms with Crippen molar-refractivity contribution in [3.8, 4) is 0 Å². The monoisotopic (exact) mass is 393 g/mol. The van der Waals surface area contributed by atoms with Gasteiger partial charge in [0, 0.05) is 0 Å². The fourth-order valence-electron chi connectivity index (χ4n) is 3.85. The second-order valence-electron chi connectivity index (χ2n) is 6.83. The van der Waals surface area contributed by atoms with Crippen LogP contribution in [0.3, 0.4) is 0 Å². The topological polar surface area (TPSA) is 60.2 Å². The molecule has 0 heterocycles. The average molecular weight is 394 g/mol. The summed E-state index contributed by atoms with van der Waals surface area (Å²) in [5.74, 6) is 0. The molecule has 0 bridgehead atoms. The molecule has 4 rings (SSSR count). The number of primary sulfonamides is 1. The fraction of sp³-hybridized carbons (Fsp3) is 0.263. The highest BCUT2D eigenvalue weighted by molar-refractivity contribution is 7.89. The van der Waals surface area contributed by atoms with Gasteiger partial charge in [0.15, 0.2) is 0 Å². The van der Waals surface area contributed by atoms with E-state index in [1.165, 1.54) is 24.0 Å². The summed E-state index contributed by atoms with van der Waals surface area (Å²) in [7, 11) is -3.68. The molecule has 0 aliphatic heterocycles. The average Bonchev–Trinajstić information content (AvgIpc) is 3.23. The summed E-state index contributed by atoms with van der Waals surface area (Å²) in [5.41, 5.74) is 4.98. The Balaban J connectivity index is 1.84. The summed E-state index contributed by atoms with van der Waals surface area (Å²) in [6.07, 6.45) is 4.46. The maximum Gasteiger partial charge on any atom is 0.238 e. The van der Waals surface area contributed by atoms with Crippen LogP contribution in [0.2, 0.25) is 10.0 Å². The Morgan fingerprint density at radius 3 is 2.08 bits per heavy atom. The van der Waals surface area contributed by atoms with Crippen LogP contribution in [0.1, 0.15) is 36.8 Å². The van der Waals surface area contributed by atoms with E-state index in [0.717, 1.165) is 24.0 Å². The fourth-order valence-corrected chi connectivity index (χ4v) is 4.67. The zero-order valence-electron chi connectivity index (χ0n) is 13.4. The number of halogens is 2. The second kappa shape index (κ2) is 5.85. The summed E-state index contributed by atoms with van der Waals surface area (Å²) >= 11 is 12.3. The van der Waals surface area contributed by atoms with Gasteiger partial charge in [-0.2, -0.15) is 0 Å². The molecule has 0 atom stereocenters. The Labute approximate surface area is 157 Å². The van der Waals surface area contributed by atoms with Gasteiger partial charge in [-0.1, -0.05) is 41.4 Å². The van der Waals surface area contributed by atoms with Crippen LogP contribution in [0.4, 0.5) is 0 Å². The SMILES string of the molecule is NS(=O)(=O)c1ccc(C2=C(c3ccc(Cl)c(Cl)c3)C3(CC2)CC3)cc1. The van der Waals surface area contributed by atoms with Gasteiger partial charge in [-0.25, -0.2) is 13.6 Å². The second-order valence-corrected chi connectivity index (χ2v) is 9.21. The molecule has 1 fully saturated rings. The van der Waals surface area contributed by atoms with Crippen LogP contribution in [-0.4, -0.2) is 8.42 Å². The van der Waals surface area contributed by atoms with E-state index in [1.807, 2.05) is 30.3 Å². The first-order chi connectivity index (χ1) is 11.8. The van der Waals surface area contributed by atoms with Crippen molar-refractivity contribution in [2.24, 2.45) is 10.6 Å². The Hall–Kier alpha value is -1.33. The lowest BCUT2D eigenvalue weighted by molar-refractivity contribution is 0.598. The third-order valence-corrected chi connectivity index (χ3v) is 6.95. The maximum absolute atomic E-state index is 11.5. The molecule has 1 spiro atoms. The zero-order chi connectivity index (χ0) is 17.8. The minimum Gasteiger partial charge on any atom is -0.225 e. The van der Waals surface area contributed by atoms with Crippen LogP contribution in [0.5, 0.6) is 0 Å². The molecule has 2 aliphatic rings. The molecule has 0 aromatic heterocycles. The Morgan fingerprint density at radius 1 is 0.880 bits per heavy atom. The van der Waals surface area contributed by atoms with Gasteiger partial charge in [-0.3, -0.25) is 0 Å². The minimum absolute atomic E-state index is 0.132. The Morgan fingerprint density at radius 2 is 1.52 bits per heavy atom. The van der Waals surface area contributed by atoms with Gasteiger partial charge in [-0.05, 0) is 77.6 Å². The Bertz CT molecular complexity index is 991. The molecule has 130 valence electrons. The lowest BCUT2D eigenvalue weighted by atomic mass is 9.89. The van der Waals surface area contributed by atoms with Crippen LogP contribution in [0.15, 0.2) is 47.4 Å². The first-order valence-corrected chi connectivity index (χ1v) is 10.4. The first kappa shape index (κ1) is 17.1. The van der Waals surface area contributed by atoms with Gasteiger partial charge in [0.05, 0.1) is 14.9 Å². The molecule has 0 amide bonds. The third-order valence-electron chi connectivity index (χ3n) is 5.28. The van der Waals surface area contributed by atoms with Crippen molar-refractivity contribution in [1.29, 1.82) is 0 Å². The molecule has 2 aliphatic carbocycles. The van der Waals surface area contributed by atoms with Crippen LogP contribution < -0.4 is 5.14 Å². The number of nitrogens with two attached hydrogens (primary N) is 1. The molecule has 1 saturated carbocycles. The van der Waals surface area contributed by atoms with E-state index in [2.05, 4.69) is 0 Å².